The minimum absolute atomic E-state index is 0.0777. The van der Waals surface area contributed by atoms with Gasteiger partial charge in [-0.3, -0.25) is 9.36 Å². The maximum Gasteiger partial charge on any atom is 0.420 e. The fourth-order valence-electron chi connectivity index (χ4n) is 2.42. The number of carbonyl (C=O) groups is 1. The van der Waals surface area contributed by atoms with Crippen LogP contribution >= 0.6 is 0 Å². The number of rotatable bonds is 4. The molecule has 0 saturated heterocycles. The van der Waals surface area contributed by atoms with E-state index < -0.39 is 5.76 Å². The molecule has 2 aromatic heterocycles. The van der Waals surface area contributed by atoms with Gasteiger partial charge in [0.2, 0.25) is 5.91 Å². The fraction of sp³-hybridized carbons (Fsp3) is 0.250. The molecule has 3 aromatic rings. The minimum Gasteiger partial charge on any atom is -0.466 e. The van der Waals surface area contributed by atoms with E-state index in [1.54, 1.807) is 24.3 Å². The Morgan fingerprint density at radius 2 is 2.00 bits per heavy atom. The third kappa shape index (κ3) is 2.67. The Kier molecular flexibility index (Phi) is 3.58. The first-order chi connectivity index (χ1) is 10.5. The number of hydrogen-bond acceptors (Lipinski definition) is 4. The normalized spacial score (nSPS) is 11.0. The lowest BCUT2D eigenvalue weighted by molar-refractivity contribution is -0.121. The topological polar surface area (TPSA) is 77.4 Å². The first-order valence-corrected chi connectivity index (χ1v) is 6.95. The number of aryl methyl sites for hydroxylation is 2. The Balaban J connectivity index is 1.72. The quantitative estimate of drug-likeness (QED) is 0.800. The molecule has 3 rings (SSSR count). The minimum atomic E-state index is -0.535. The Hall–Kier alpha value is -2.76. The van der Waals surface area contributed by atoms with Crippen LogP contribution in [0.2, 0.25) is 0 Å². The van der Waals surface area contributed by atoms with E-state index in [-0.39, 0.29) is 12.5 Å². The molecule has 0 atom stereocenters. The fourth-order valence-corrected chi connectivity index (χ4v) is 2.42. The average Bonchev–Trinajstić information content (AvgIpc) is 2.96. The van der Waals surface area contributed by atoms with Crippen molar-refractivity contribution < 1.29 is 13.6 Å². The molecular formula is C16H16N2O4. The van der Waals surface area contributed by atoms with E-state index in [4.69, 9.17) is 8.83 Å². The van der Waals surface area contributed by atoms with Gasteiger partial charge in [-0.25, -0.2) is 4.79 Å². The molecule has 1 aromatic carbocycles. The molecule has 0 radical (unpaired) electrons. The molecule has 6 heteroatoms. The molecule has 0 unspecified atom stereocenters. The third-order valence-electron chi connectivity index (χ3n) is 3.50. The van der Waals surface area contributed by atoms with Crippen molar-refractivity contribution in [1.82, 2.24) is 9.88 Å². The molecule has 6 nitrogen and oxygen atoms in total. The largest absolute Gasteiger partial charge is 0.466 e. The Labute approximate surface area is 126 Å². The molecule has 2 heterocycles. The monoisotopic (exact) mass is 300 g/mol. The van der Waals surface area contributed by atoms with Crippen molar-refractivity contribution in [3.05, 3.63) is 58.0 Å². The second-order valence-electron chi connectivity index (χ2n) is 5.14. The summed E-state index contributed by atoms with van der Waals surface area (Å²) in [5.41, 5.74) is 2.01. The third-order valence-corrected chi connectivity index (χ3v) is 3.50. The second kappa shape index (κ2) is 5.55. The van der Waals surface area contributed by atoms with E-state index in [0.717, 1.165) is 17.1 Å². The van der Waals surface area contributed by atoms with Crippen molar-refractivity contribution in [2.75, 3.05) is 0 Å². The molecule has 0 spiro atoms. The van der Waals surface area contributed by atoms with Crippen LogP contribution in [-0.2, 0) is 17.9 Å². The van der Waals surface area contributed by atoms with Crippen LogP contribution in [0, 0.1) is 13.8 Å². The number of nitrogens with zero attached hydrogens (tertiary/aromatic N) is 1. The lowest BCUT2D eigenvalue weighted by atomic mass is 10.2. The van der Waals surface area contributed by atoms with E-state index in [1.807, 2.05) is 19.9 Å². The van der Waals surface area contributed by atoms with Crippen LogP contribution in [0.4, 0.5) is 0 Å². The molecule has 114 valence electrons. The van der Waals surface area contributed by atoms with Gasteiger partial charge < -0.3 is 14.2 Å². The first-order valence-electron chi connectivity index (χ1n) is 6.95. The molecule has 0 saturated carbocycles. The molecule has 0 aliphatic rings. The SMILES string of the molecule is Cc1cc(CNC(=O)Cn2c(=O)oc3ccccc32)c(C)o1. The van der Waals surface area contributed by atoms with Gasteiger partial charge in [0.15, 0.2) is 5.58 Å². The number of aromatic nitrogens is 1. The number of fused-ring (bicyclic) bond motifs is 1. The Morgan fingerprint density at radius 3 is 2.73 bits per heavy atom. The summed E-state index contributed by atoms with van der Waals surface area (Å²) >= 11 is 0. The van der Waals surface area contributed by atoms with E-state index in [1.165, 1.54) is 4.57 Å². The summed E-state index contributed by atoms with van der Waals surface area (Å²) in [6.45, 7) is 4.00. The first kappa shape index (κ1) is 14.2. The van der Waals surface area contributed by atoms with Crippen LogP contribution < -0.4 is 11.1 Å². The summed E-state index contributed by atoms with van der Waals surface area (Å²) in [4.78, 5) is 23.9. The molecule has 0 fully saturated rings. The molecule has 0 aliphatic carbocycles. The molecule has 0 aliphatic heterocycles. The predicted molar refractivity (Wildman–Crippen MR) is 80.5 cm³/mol. The number of furan rings is 1. The van der Waals surface area contributed by atoms with Crippen molar-refractivity contribution in [2.24, 2.45) is 0 Å². The van der Waals surface area contributed by atoms with Crippen LogP contribution in [-0.4, -0.2) is 10.5 Å². The highest BCUT2D eigenvalue weighted by Gasteiger charge is 2.13. The van der Waals surface area contributed by atoms with Gasteiger partial charge in [-0.15, -0.1) is 0 Å². The van der Waals surface area contributed by atoms with E-state index in [2.05, 4.69) is 5.32 Å². The Morgan fingerprint density at radius 1 is 1.23 bits per heavy atom. The average molecular weight is 300 g/mol. The smallest absolute Gasteiger partial charge is 0.420 e. The summed E-state index contributed by atoms with van der Waals surface area (Å²) in [5, 5.41) is 2.78. The van der Waals surface area contributed by atoms with Crippen molar-refractivity contribution in [2.45, 2.75) is 26.9 Å². The van der Waals surface area contributed by atoms with Gasteiger partial charge in [0.1, 0.15) is 18.1 Å². The molecule has 1 amide bonds. The Bertz CT molecular complexity index is 885. The molecule has 0 bridgehead atoms. The van der Waals surface area contributed by atoms with Gasteiger partial charge in [0.05, 0.1) is 5.52 Å². The lowest BCUT2D eigenvalue weighted by Crippen LogP contribution is -2.30. The van der Waals surface area contributed by atoms with Crippen molar-refractivity contribution in [3.8, 4) is 0 Å². The van der Waals surface area contributed by atoms with E-state index in [9.17, 15) is 9.59 Å². The van der Waals surface area contributed by atoms with Crippen LogP contribution in [0.15, 0.2) is 44.0 Å². The maximum atomic E-state index is 12.1. The number of para-hydroxylation sites is 2. The van der Waals surface area contributed by atoms with Gasteiger partial charge in [0, 0.05) is 12.1 Å². The highest BCUT2D eigenvalue weighted by molar-refractivity contribution is 5.79. The number of nitrogens with one attached hydrogen (secondary N) is 1. The molecule has 22 heavy (non-hydrogen) atoms. The van der Waals surface area contributed by atoms with Crippen LogP contribution in [0.3, 0.4) is 0 Å². The summed E-state index contributed by atoms with van der Waals surface area (Å²) in [6.07, 6.45) is 0. The molecule has 1 N–H and O–H groups in total. The number of oxazole rings is 1. The van der Waals surface area contributed by atoms with Crippen LogP contribution in [0.25, 0.3) is 11.1 Å². The summed E-state index contributed by atoms with van der Waals surface area (Å²) < 4.78 is 11.8. The second-order valence-corrected chi connectivity index (χ2v) is 5.14. The highest BCUT2D eigenvalue weighted by atomic mass is 16.4. The zero-order chi connectivity index (χ0) is 15.7. The lowest BCUT2D eigenvalue weighted by Gasteiger charge is -2.05. The number of carbonyl (C=O) groups excluding carboxylic acids is 1. The van der Waals surface area contributed by atoms with Crippen LogP contribution in [0.5, 0.6) is 0 Å². The predicted octanol–water partition coefficient (Wildman–Crippen LogP) is 2.12. The van der Waals surface area contributed by atoms with Crippen molar-refractivity contribution in [1.29, 1.82) is 0 Å². The zero-order valence-corrected chi connectivity index (χ0v) is 12.4. The molecular weight excluding hydrogens is 284 g/mol. The summed E-state index contributed by atoms with van der Waals surface area (Å²) in [5.74, 6) is 0.793. The van der Waals surface area contributed by atoms with Gasteiger partial charge in [-0.2, -0.15) is 0 Å². The zero-order valence-electron chi connectivity index (χ0n) is 12.4. The summed E-state index contributed by atoms with van der Waals surface area (Å²) in [6, 6.07) is 8.90. The van der Waals surface area contributed by atoms with E-state index >= 15 is 0 Å². The van der Waals surface area contributed by atoms with Crippen molar-refractivity contribution >= 4 is 17.0 Å². The highest BCUT2D eigenvalue weighted by Crippen LogP contribution is 2.13. The maximum absolute atomic E-state index is 12.1. The number of hydrogen-bond donors (Lipinski definition) is 1. The van der Waals surface area contributed by atoms with Gasteiger partial charge >= 0.3 is 5.76 Å². The van der Waals surface area contributed by atoms with Crippen molar-refractivity contribution in [3.63, 3.8) is 0 Å². The van der Waals surface area contributed by atoms with Gasteiger partial charge in [-0.1, -0.05) is 12.1 Å². The van der Waals surface area contributed by atoms with Gasteiger partial charge in [-0.05, 0) is 32.0 Å². The van der Waals surface area contributed by atoms with Gasteiger partial charge in [0.25, 0.3) is 0 Å². The summed E-state index contributed by atoms with van der Waals surface area (Å²) in [7, 11) is 0. The number of benzene rings is 1. The van der Waals surface area contributed by atoms with E-state index in [0.29, 0.717) is 17.6 Å². The van der Waals surface area contributed by atoms with Crippen LogP contribution in [0.1, 0.15) is 17.1 Å². The standard InChI is InChI=1S/C16H16N2O4/c1-10-7-12(11(2)21-10)8-17-15(19)9-18-13-5-3-4-6-14(13)22-16(18)20/h3-7H,8-9H2,1-2H3,(H,17,19). The number of amides is 1.